The number of pyridine rings is 1. The van der Waals surface area contributed by atoms with Crippen LogP contribution in [0.15, 0.2) is 18.3 Å². The average molecular weight is 380 g/mol. The number of carbonyl (C=O) groups excluding carboxylic acids is 1. The minimum absolute atomic E-state index is 0.0754. The highest BCUT2D eigenvalue weighted by molar-refractivity contribution is 5.89. The second kappa shape index (κ2) is 7.01. The molecule has 7 nitrogen and oxygen atoms in total. The highest BCUT2D eigenvalue weighted by Gasteiger charge is 2.35. The summed E-state index contributed by atoms with van der Waals surface area (Å²) < 4.78 is 39.4. The third kappa shape index (κ3) is 3.93. The average Bonchev–Trinajstić information content (AvgIpc) is 3.04. The van der Waals surface area contributed by atoms with Gasteiger partial charge in [0.15, 0.2) is 0 Å². The van der Waals surface area contributed by atoms with Crippen LogP contribution in [0.2, 0.25) is 0 Å². The van der Waals surface area contributed by atoms with Crippen LogP contribution in [0.1, 0.15) is 33.9 Å². The molecular formula is C17H19F3N6O. The van der Waals surface area contributed by atoms with Crippen molar-refractivity contribution in [3.63, 3.8) is 0 Å². The topological polar surface area (TPSA) is 97.0 Å². The Morgan fingerprint density at radius 3 is 2.74 bits per heavy atom. The zero-order chi connectivity index (χ0) is 19.8. The van der Waals surface area contributed by atoms with Gasteiger partial charge in [0.25, 0.3) is 5.91 Å². The van der Waals surface area contributed by atoms with Crippen molar-refractivity contribution in [3.05, 3.63) is 41.0 Å². The summed E-state index contributed by atoms with van der Waals surface area (Å²) >= 11 is 0. The number of aryl methyl sites for hydroxylation is 1. The fraction of sp³-hybridized carbons (Fsp3) is 0.412. The van der Waals surface area contributed by atoms with Crippen LogP contribution < -0.4 is 16.0 Å². The maximum atomic E-state index is 13.1. The van der Waals surface area contributed by atoms with Gasteiger partial charge >= 0.3 is 6.18 Å². The van der Waals surface area contributed by atoms with Crippen molar-refractivity contribution in [1.29, 1.82) is 0 Å². The van der Waals surface area contributed by atoms with Crippen molar-refractivity contribution in [3.8, 4) is 0 Å². The molecule has 3 rings (SSSR count). The zero-order valence-electron chi connectivity index (χ0n) is 14.8. The maximum Gasteiger partial charge on any atom is 0.419 e. The first-order valence-corrected chi connectivity index (χ1v) is 8.35. The molecule has 1 fully saturated rings. The second-order valence-corrected chi connectivity index (χ2v) is 6.42. The first-order chi connectivity index (χ1) is 12.7. The van der Waals surface area contributed by atoms with Gasteiger partial charge in [-0.2, -0.15) is 13.2 Å². The van der Waals surface area contributed by atoms with Crippen LogP contribution in [0.4, 0.5) is 24.8 Å². The molecule has 0 bridgehead atoms. The Morgan fingerprint density at radius 2 is 2.07 bits per heavy atom. The Hall–Kier alpha value is -2.91. The Morgan fingerprint density at radius 1 is 1.33 bits per heavy atom. The number of rotatable bonds is 4. The van der Waals surface area contributed by atoms with Gasteiger partial charge in [-0.25, -0.2) is 15.0 Å². The number of hydrogen-bond acceptors (Lipinski definition) is 6. The van der Waals surface area contributed by atoms with E-state index in [1.165, 1.54) is 12.3 Å². The first-order valence-electron chi connectivity index (χ1n) is 8.35. The number of carbonyl (C=O) groups is 1. The largest absolute Gasteiger partial charge is 0.419 e. The second-order valence-electron chi connectivity index (χ2n) is 6.42. The van der Waals surface area contributed by atoms with E-state index in [1.807, 2.05) is 11.8 Å². The summed E-state index contributed by atoms with van der Waals surface area (Å²) in [5.41, 5.74) is 5.91. The van der Waals surface area contributed by atoms with Gasteiger partial charge in [0.2, 0.25) is 5.82 Å². The normalized spacial score (nSPS) is 17.2. The molecule has 1 aliphatic rings. The minimum Gasteiger partial charge on any atom is -0.365 e. The molecule has 0 unspecified atom stereocenters. The van der Waals surface area contributed by atoms with Gasteiger partial charge in [-0.3, -0.25) is 4.79 Å². The van der Waals surface area contributed by atoms with E-state index in [2.05, 4.69) is 20.3 Å². The van der Waals surface area contributed by atoms with Crippen LogP contribution >= 0.6 is 0 Å². The summed E-state index contributed by atoms with van der Waals surface area (Å²) in [6.45, 7) is 4.57. The number of amides is 1. The van der Waals surface area contributed by atoms with Crippen LogP contribution in [0, 0.1) is 13.8 Å². The van der Waals surface area contributed by atoms with Crippen molar-refractivity contribution in [2.75, 3.05) is 23.3 Å². The van der Waals surface area contributed by atoms with E-state index >= 15 is 0 Å². The first kappa shape index (κ1) is 18.9. The number of alkyl halides is 3. The number of primary amides is 1. The Bertz CT molecular complexity index is 870. The lowest BCUT2D eigenvalue weighted by Crippen LogP contribution is -2.29. The molecule has 0 radical (unpaired) electrons. The number of anilines is 2. The van der Waals surface area contributed by atoms with Crippen LogP contribution in [0.5, 0.6) is 0 Å². The van der Waals surface area contributed by atoms with Crippen molar-refractivity contribution >= 4 is 17.5 Å². The minimum atomic E-state index is -4.48. The molecule has 1 saturated heterocycles. The fourth-order valence-electron chi connectivity index (χ4n) is 3.04. The van der Waals surface area contributed by atoms with E-state index in [1.54, 1.807) is 6.92 Å². The van der Waals surface area contributed by atoms with Gasteiger partial charge in [-0.15, -0.1) is 0 Å². The number of halogens is 3. The van der Waals surface area contributed by atoms with E-state index < -0.39 is 17.6 Å². The van der Waals surface area contributed by atoms with Crippen LogP contribution in [0.3, 0.4) is 0 Å². The highest BCUT2D eigenvalue weighted by atomic mass is 19.4. The molecule has 10 heteroatoms. The van der Waals surface area contributed by atoms with Gasteiger partial charge in [0, 0.05) is 36.6 Å². The van der Waals surface area contributed by atoms with Crippen molar-refractivity contribution < 1.29 is 18.0 Å². The Labute approximate surface area is 153 Å². The lowest BCUT2D eigenvalue weighted by Gasteiger charge is -2.22. The smallest absolute Gasteiger partial charge is 0.365 e. The molecule has 27 heavy (non-hydrogen) atoms. The van der Waals surface area contributed by atoms with Crippen molar-refractivity contribution in [2.24, 2.45) is 5.73 Å². The third-order valence-electron chi connectivity index (χ3n) is 4.53. The molecule has 0 saturated carbocycles. The van der Waals surface area contributed by atoms with Crippen molar-refractivity contribution in [1.82, 2.24) is 15.0 Å². The predicted octanol–water partition coefficient (Wildman–Crippen LogP) is 2.30. The molecular weight excluding hydrogens is 361 g/mol. The summed E-state index contributed by atoms with van der Waals surface area (Å²) in [6.07, 6.45) is -2.56. The summed E-state index contributed by atoms with van der Waals surface area (Å²) in [5, 5.41) is 2.88. The molecule has 1 atom stereocenters. The molecule has 3 N–H and O–H groups in total. The summed E-state index contributed by atoms with van der Waals surface area (Å²) in [4.78, 5) is 25.5. The molecule has 1 amide bonds. The van der Waals surface area contributed by atoms with Gasteiger partial charge in [-0.05, 0) is 32.4 Å². The molecule has 0 aliphatic carbocycles. The monoisotopic (exact) mass is 380 g/mol. The molecule has 1 aliphatic heterocycles. The number of aromatic nitrogens is 3. The van der Waals surface area contributed by atoms with Gasteiger partial charge in [0.1, 0.15) is 11.6 Å². The van der Waals surface area contributed by atoms with Crippen molar-refractivity contribution in [2.45, 2.75) is 32.5 Å². The lowest BCUT2D eigenvalue weighted by molar-refractivity contribution is -0.137. The highest BCUT2D eigenvalue weighted by Crippen LogP contribution is 2.34. The number of nitrogens with two attached hydrogens (primary N) is 1. The Balaban J connectivity index is 1.80. The number of nitrogens with zero attached hydrogens (tertiary/aromatic N) is 4. The van der Waals surface area contributed by atoms with Gasteiger partial charge in [-0.1, -0.05) is 0 Å². The SMILES string of the molecule is Cc1nc(C(N)=O)nc(N2CC[C@@H](Nc3ncccc3C(F)(F)F)C2)c1C. The summed E-state index contributed by atoms with van der Waals surface area (Å²) in [6, 6.07) is 2.01. The van der Waals surface area contributed by atoms with Gasteiger partial charge in [0.05, 0.1) is 5.56 Å². The van der Waals surface area contributed by atoms with Crippen LogP contribution in [-0.4, -0.2) is 40.0 Å². The molecule has 144 valence electrons. The zero-order valence-corrected chi connectivity index (χ0v) is 14.8. The lowest BCUT2D eigenvalue weighted by atomic mass is 10.2. The predicted molar refractivity (Wildman–Crippen MR) is 93.5 cm³/mol. The third-order valence-corrected chi connectivity index (χ3v) is 4.53. The quantitative estimate of drug-likeness (QED) is 0.845. The maximum absolute atomic E-state index is 13.1. The van der Waals surface area contributed by atoms with E-state index in [-0.39, 0.29) is 17.7 Å². The number of nitrogens with one attached hydrogen (secondary N) is 1. The number of hydrogen-bond donors (Lipinski definition) is 2. The molecule has 3 heterocycles. The fourth-order valence-corrected chi connectivity index (χ4v) is 3.04. The standard InChI is InChI=1S/C17H19F3N6O/c1-9-10(2)23-15(13(21)27)25-16(9)26-7-5-11(8-26)24-14-12(17(18,19)20)4-3-6-22-14/h3-4,6,11H,5,7-8H2,1-2H3,(H2,21,27)(H,22,24)/t11-/m1/s1. The van der Waals surface area contributed by atoms with E-state index in [9.17, 15) is 18.0 Å². The van der Waals surface area contributed by atoms with Gasteiger partial charge < -0.3 is 16.0 Å². The van der Waals surface area contributed by atoms with E-state index in [0.717, 1.165) is 11.6 Å². The van der Waals surface area contributed by atoms with Crippen LogP contribution in [-0.2, 0) is 6.18 Å². The summed E-state index contributed by atoms with van der Waals surface area (Å²) in [5.74, 6) is -0.423. The van der Waals surface area contributed by atoms with Crippen LogP contribution in [0.25, 0.3) is 0 Å². The molecule has 2 aromatic heterocycles. The van der Waals surface area contributed by atoms with E-state index in [4.69, 9.17) is 5.73 Å². The molecule has 0 aromatic carbocycles. The molecule has 0 spiro atoms. The Kier molecular flexibility index (Phi) is 4.90. The summed E-state index contributed by atoms with van der Waals surface area (Å²) in [7, 11) is 0. The molecule has 2 aromatic rings. The van der Waals surface area contributed by atoms with E-state index in [0.29, 0.717) is 31.0 Å².